The molecule has 24 heavy (non-hydrogen) atoms. The van der Waals surface area contributed by atoms with Gasteiger partial charge >= 0.3 is 0 Å². The summed E-state index contributed by atoms with van der Waals surface area (Å²) in [6.45, 7) is 4.23. The lowest BCUT2D eigenvalue weighted by Crippen LogP contribution is -2.11. The summed E-state index contributed by atoms with van der Waals surface area (Å²) in [7, 11) is -0.852. The Morgan fingerprint density at radius 3 is 2.17 bits per heavy atom. The molecule has 0 bridgehead atoms. The molecular weight excluding hydrogens is 312 g/mol. The molecule has 1 radical (unpaired) electrons. The van der Waals surface area contributed by atoms with Gasteiger partial charge in [0.05, 0.1) is 5.71 Å². The van der Waals surface area contributed by atoms with Crippen molar-refractivity contribution < 1.29 is 4.43 Å². The minimum absolute atomic E-state index is 0.832. The number of hydrogen-bond donors (Lipinski definition) is 0. The van der Waals surface area contributed by atoms with Gasteiger partial charge in [0.1, 0.15) is 11.4 Å². The number of nitrogens with zero attached hydrogens (tertiary/aromatic N) is 2. The van der Waals surface area contributed by atoms with Gasteiger partial charge in [-0.25, -0.2) is 4.99 Å². The van der Waals surface area contributed by atoms with Gasteiger partial charge in [0.25, 0.3) is 9.04 Å². The first-order valence-corrected chi connectivity index (χ1v) is 10.3. The van der Waals surface area contributed by atoms with E-state index in [9.17, 15) is 0 Å². The van der Waals surface area contributed by atoms with Crippen molar-refractivity contribution in [2.45, 2.75) is 13.1 Å². The number of hydrogen-bond acceptors (Lipinski definition) is 3. The van der Waals surface area contributed by atoms with Crippen molar-refractivity contribution in [2.75, 3.05) is 0 Å². The van der Waals surface area contributed by atoms with E-state index in [1.807, 2.05) is 54.6 Å². The van der Waals surface area contributed by atoms with E-state index in [2.05, 4.69) is 30.2 Å². The molecule has 119 valence electrons. The highest BCUT2D eigenvalue weighted by Crippen LogP contribution is 2.29. The first-order valence-electron chi connectivity index (χ1n) is 7.85. The molecule has 0 saturated carbocycles. The van der Waals surface area contributed by atoms with Crippen molar-refractivity contribution in [3.8, 4) is 5.75 Å². The summed E-state index contributed by atoms with van der Waals surface area (Å²) in [5, 5.41) is 0. The third-order valence-corrected chi connectivity index (χ3v) is 4.04. The number of pyridine rings is 1. The average molecular weight is 331 g/mol. The quantitative estimate of drug-likeness (QED) is 0.493. The molecule has 0 spiro atoms. The predicted molar refractivity (Wildman–Crippen MR) is 101 cm³/mol. The van der Waals surface area contributed by atoms with E-state index in [4.69, 9.17) is 9.42 Å². The summed E-state index contributed by atoms with van der Waals surface area (Å²) in [6.07, 6.45) is 3.57. The monoisotopic (exact) mass is 331 g/mol. The highest BCUT2D eigenvalue weighted by atomic mass is 28.3. The molecule has 3 aromatic rings. The molecule has 2 aromatic carbocycles. The van der Waals surface area contributed by atoms with Crippen LogP contribution in [0.3, 0.4) is 0 Å². The smallest absolute Gasteiger partial charge is 0.274 e. The molecule has 1 heterocycles. The van der Waals surface area contributed by atoms with Crippen LogP contribution in [0, 0.1) is 0 Å². The molecule has 0 aliphatic carbocycles. The Balaban J connectivity index is 2.12. The number of rotatable bonds is 5. The molecule has 0 saturated heterocycles. The molecule has 4 heteroatoms. The molecule has 3 nitrogen and oxygen atoms in total. The largest absolute Gasteiger partial charge is 0.541 e. The zero-order chi connectivity index (χ0) is 16.8. The van der Waals surface area contributed by atoms with Gasteiger partial charge in [0.2, 0.25) is 0 Å². The Kier molecular flexibility index (Phi) is 5.18. The second-order valence-corrected chi connectivity index (χ2v) is 7.56. The Hall–Kier alpha value is -2.72. The fraction of sp³-hybridized carbons (Fsp3) is 0.100. The van der Waals surface area contributed by atoms with Crippen LogP contribution in [-0.2, 0) is 0 Å². The Bertz CT molecular complexity index is 776. The van der Waals surface area contributed by atoms with Crippen molar-refractivity contribution >= 4 is 20.4 Å². The maximum Gasteiger partial charge on any atom is 0.274 e. The SMILES string of the molecule is C[Si](C)Oc1ccccc1N=C(c1ccccc1)c1ccncc1. The molecule has 0 N–H and O–H groups in total. The molecule has 0 atom stereocenters. The van der Waals surface area contributed by atoms with Gasteiger partial charge in [0, 0.05) is 23.5 Å². The van der Waals surface area contributed by atoms with Crippen molar-refractivity contribution in [1.29, 1.82) is 0 Å². The van der Waals surface area contributed by atoms with E-state index in [0.717, 1.165) is 28.3 Å². The summed E-state index contributed by atoms with van der Waals surface area (Å²) in [5.41, 5.74) is 3.86. The molecule has 1 aromatic heterocycles. The Morgan fingerprint density at radius 1 is 0.833 bits per heavy atom. The van der Waals surface area contributed by atoms with Gasteiger partial charge in [-0.2, -0.15) is 0 Å². The van der Waals surface area contributed by atoms with Crippen LogP contribution in [0.2, 0.25) is 13.1 Å². The zero-order valence-electron chi connectivity index (χ0n) is 13.8. The fourth-order valence-electron chi connectivity index (χ4n) is 2.38. The second kappa shape index (κ2) is 7.70. The summed E-state index contributed by atoms with van der Waals surface area (Å²) in [4.78, 5) is 9.04. The predicted octanol–water partition coefficient (Wildman–Crippen LogP) is 4.88. The van der Waals surface area contributed by atoms with Crippen molar-refractivity contribution in [2.24, 2.45) is 4.99 Å². The van der Waals surface area contributed by atoms with Crippen LogP contribution in [0.1, 0.15) is 11.1 Å². The molecule has 0 amide bonds. The van der Waals surface area contributed by atoms with Crippen LogP contribution in [0.5, 0.6) is 5.75 Å². The van der Waals surface area contributed by atoms with Crippen LogP contribution in [0.25, 0.3) is 0 Å². The lowest BCUT2D eigenvalue weighted by atomic mass is 10.0. The standard InChI is InChI=1S/C20H19N2OSi/c1-24(2)23-19-11-7-6-10-18(19)22-20(16-8-4-3-5-9-16)17-12-14-21-15-13-17/h3-15H,1-2H3. The lowest BCUT2D eigenvalue weighted by Gasteiger charge is -2.13. The number of para-hydroxylation sites is 2. The van der Waals surface area contributed by atoms with Crippen LogP contribution < -0.4 is 4.43 Å². The zero-order valence-corrected chi connectivity index (χ0v) is 14.8. The molecule has 0 aliphatic rings. The molecule has 0 unspecified atom stereocenters. The second-order valence-electron chi connectivity index (χ2n) is 5.54. The number of aliphatic imine (C=N–C) groups is 1. The van der Waals surface area contributed by atoms with Crippen LogP contribution in [0.15, 0.2) is 84.1 Å². The summed E-state index contributed by atoms with van der Waals surface area (Å²) in [6, 6.07) is 22.1. The minimum atomic E-state index is -0.852. The van der Waals surface area contributed by atoms with Crippen LogP contribution >= 0.6 is 0 Å². The van der Waals surface area contributed by atoms with E-state index >= 15 is 0 Å². The third-order valence-electron chi connectivity index (χ3n) is 3.41. The molecule has 0 aliphatic heterocycles. The topological polar surface area (TPSA) is 34.5 Å². The van der Waals surface area contributed by atoms with Gasteiger partial charge in [-0.3, -0.25) is 4.98 Å². The molecule has 3 rings (SSSR count). The van der Waals surface area contributed by atoms with E-state index in [-0.39, 0.29) is 0 Å². The van der Waals surface area contributed by atoms with E-state index in [1.54, 1.807) is 12.4 Å². The normalized spacial score (nSPS) is 11.5. The van der Waals surface area contributed by atoms with Gasteiger partial charge in [-0.1, -0.05) is 42.5 Å². The van der Waals surface area contributed by atoms with Crippen LogP contribution in [-0.4, -0.2) is 19.7 Å². The first-order chi connectivity index (χ1) is 11.7. The van der Waals surface area contributed by atoms with Gasteiger partial charge in [0.15, 0.2) is 0 Å². The highest BCUT2D eigenvalue weighted by Gasteiger charge is 2.10. The van der Waals surface area contributed by atoms with Crippen molar-refractivity contribution in [1.82, 2.24) is 4.98 Å². The number of aromatic nitrogens is 1. The maximum absolute atomic E-state index is 6.00. The summed E-state index contributed by atoms with van der Waals surface area (Å²) in [5.74, 6) is 0.832. The minimum Gasteiger partial charge on any atom is -0.541 e. The van der Waals surface area contributed by atoms with Crippen molar-refractivity contribution in [3.05, 3.63) is 90.3 Å². The summed E-state index contributed by atoms with van der Waals surface area (Å²) >= 11 is 0. The van der Waals surface area contributed by atoms with E-state index in [0.29, 0.717) is 0 Å². The Morgan fingerprint density at radius 2 is 1.46 bits per heavy atom. The summed E-state index contributed by atoms with van der Waals surface area (Å²) < 4.78 is 6.00. The van der Waals surface area contributed by atoms with E-state index < -0.39 is 9.04 Å². The van der Waals surface area contributed by atoms with Gasteiger partial charge < -0.3 is 4.43 Å². The number of benzene rings is 2. The Labute approximate surface area is 144 Å². The van der Waals surface area contributed by atoms with Gasteiger partial charge in [-0.15, -0.1) is 0 Å². The van der Waals surface area contributed by atoms with Crippen molar-refractivity contribution in [3.63, 3.8) is 0 Å². The highest BCUT2D eigenvalue weighted by molar-refractivity contribution is 6.49. The van der Waals surface area contributed by atoms with Crippen LogP contribution in [0.4, 0.5) is 5.69 Å². The molecule has 0 fully saturated rings. The van der Waals surface area contributed by atoms with Gasteiger partial charge in [-0.05, 0) is 37.4 Å². The average Bonchev–Trinajstić information content (AvgIpc) is 2.62. The van der Waals surface area contributed by atoms with E-state index in [1.165, 1.54) is 0 Å². The first kappa shape index (κ1) is 16.1. The fourth-order valence-corrected chi connectivity index (χ4v) is 2.99. The lowest BCUT2D eigenvalue weighted by molar-refractivity contribution is 0.582. The third kappa shape index (κ3) is 3.97. The maximum atomic E-state index is 6.00. The molecular formula is C20H19N2OSi.